The highest BCUT2D eigenvalue weighted by Crippen LogP contribution is 2.26. The fourth-order valence-corrected chi connectivity index (χ4v) is 1.36. The van der Waals surface area contributed by atoms with Crippen molar-refractivity contribution >= 4 is 11.8 Å². The molecule has 80 valence electrons. The molecule has 1 aliphatic carbocycles. The molecule has 0 atom stereocenters. The van der Waals surface area contributed by atoms with Gasteiger partial charge in [-0.3, -0.25) is 9.59 Å². The highest BCUT2D eigenvalue weighted by molar-refractivity contribution is 5.84. The zero-order valence-electron chi connectivity index (χ0n) is 8.88. The average molecular weight is 198 g/mol. The van der Waals surface area contributed by atoms with Gasteiger partial charge in [0.2, 0.25) is 11.8 Å². The van der Waals surface area contributed by atoms with Gasteiger partial charge in [-0.05, 0) is 19.3 Å². The van der Waals surface area contributed by atoms with Crippen LogP contribution in [0.3, 0.4) is 0 Å². The van der Waals surface area contributed by atoms with Crippen LogP contribution in [0.1, 0.15) is 33.1 Å². The second kappa shape index (κ2) is 4.98. The zero-order chi connectivity index (χ0) is 10.6. The van der Waals surface area contributed by atoms with Crippen LogP contribution >= 0.6 is 0 Å². The van der Waals surface area contributed by atoms with Gasteiger partial charge < -0.3 is 10.2 Å². The van der Waals surface area contributed by atoms with Crippen molar-refractivity contribution in [2.24, 2.45) is 0 Å². The van der Waals surface area contributed by atoms with Crippen LogP contribution in [0.15, 0.2) is 0 Å². The molecule has 14 heavy (non-hydrogen) atoms. The lowest BCUT2D eigenvalue weighted by atomic mass is 10.4. The van der Waals surface area contributed by atoms with Crippen molar-refractivity contribution in [1.82, 2.24) is 10.2 Å². The van der Waals surface area contributed by atoms with Gasteiger partial charge in [0.05, 0.1) is 6.54 Å². The number of hydrogen-bond donors (Lipinski definition) is 1. The predicted molar refractivity (Wildman–Crippen MR) is 53.7 cm³/mol. The molecule has 1 aliphatic rings. The first-order chi connectivity index (χ1) is 6.65. The van der Waals surface area contributed by atoms with Crippen LogP contribution < -0.4 is 5.32 Å². The van der Waals surface area contributed by atoms with E-state index in [-0.39, 0.29) is 18.4 Å². The lowest BCUT2D eigenvalue weighted by Crippen LogP contribution is -2.41. The Kier molecular flexibility index (Phi) is 3.92. The summed E-state index contributed by atoms with van der Waals surface area (Å²) in [5.74, 6) is -0.0481. The van der Waals surface area contributed by atoms with Gasteiger partial charge in [-0.15, -0.1) is 0 Å². The van der Waals surface area contributed by atoms with E-state index in [1.807, 2.05) is 6.92 Å². The molecule has 2 amide bonds. The fourth-order valence-electron chi connectivity index (χ4n) is 1.36. The highest BCUT2D eigenvalue weighted by atomic mass is 16.2. The van der Waals surface area contributed by atoms with Crippen LogP contribution in [0.2, 0.25) is 0 Å². The number of carbonyl (C=O) groups excluding carboxylic acids is 2. The van der Waals surface area contributed by atoms with E-state index in [2.05, 4.69) is 5.32 Å². The molecule has 0 saturated heterocycles. The number of nitrogens with zero attached hydrogens (tertiary/aromatic N) is 1. The standard InChI is InChI=1S/C10H18N2O2/c1-3-6-11-10(14)7-12(8(2)13)9-4-5-9/h9H,3-7H2,1-2H3,(H,11,14). The molecule has 4 nitrogen and oxygen atoms in total. The average Bonchev–Trinajstić information content (AvgIpc) is 2.93. The van der Waals surface area contributed by atoms with Crippen LogP contribution in [0.4, 0.5) is 0 Å². The maximum absolute atomic E-state index is 11.3. The van der Waals surface area contributed by atoms with Crippen molar-refractivity contribution in [1.29, 1.82) is 0 Å². The summed E-state index contributed by atoms with van der Waals surface area (Å²) in [6, 6.07) is 0.319. The summed E-state index contributed by atoms with van der Waals surface area (Å²) in [5, 5.41) is 2.77. The van der Waals surface area contributed by atoms with Crippen molar-refractivity contribution < 1.29 is 9.59 Å². The van der Waals surface area contributed by atoms with E-state index >= 15 is 0 Å². The van der Waals surface area contributed by atoms with Gasteiger partial charge in [-0.1, -0.05) is 6.92 Å². The minimum absolute atomic E-state index is 0.000788. The Morgan fingerprint density at radius 1 is 1.43 bits per heavy atom. The Balaban J connectivity index is 2.31. The summed E-state index contributed by atoms with van der Waals surface area (Å²) in [6.07, 6.45) is 3.01. The molecule has 0 aromatic heterocycles. The number of amides is 2. The fraction of sp³-hybridized carbons (Fsp3) is 0.800. The Morgan fingerprint density at radius 2 is 2.07 bits per heavy atom. The topological polar surface area (TPSA) is 49.4 Å². The number of nitrogens with one attached hydrogen (secondary N) is 1. The molecular weight excluding hydrogens is 180 g/mol. The minimum atomic E-state index is -0.0473. The summed E-state index contributed by atoms with van der Waals surface area (Å²) in [5.41, 5.74) is 0. The Labute approximate surface area is 84.7 Å². The summed E-state index contributed by atoms with van der Waals surface area (Å²) in [4.78, 5) is 24.2. The van der Waals surface area contributed by atoms with Gasteiger partial charge in [-0.25, -0.2) is 0 Å². The molecule has 1 N–H and O–H groups in total. The molecule has 4 heteroatoms. The maximum Gasteiger partial charge on any atom is 0.239 e. The van der Waals surface area contributed by atoms with E-state index in [0.717, 1.165) is 19.3 Å². The number of hydrogen-bond acceptors (Lipinski definition) is 2. The summed E-state index contributed by atoms with van der Waals surface area (Å²) in [7, 11) is 0. The van der Waals surface area contributed by atoms with E-state index in [0.29, 0.717) is 12.6 Å². The molecule has 0 heterocycles. The van der Waals surface area contributed by atoms with Crippen molar-refractivity contribution in [3.8, 4) is 0 Å². The molecule has 0 bridgehead atoms. The third-order valence-corrected chi connectivity index (χ3v) is 2.28. The van der Waals surface area contributed by atoms with Crippen LogP contribution in [-0.4, -0.2) is 35.8 Å². The Bertz CT molecular complexity index is 224. The lowest BCUT2D eigenvalue weighted by molar-refractivity contribution is -0.134. The third-order valence-electron chi connectivity index (χ3n) is 2.28. The van der Waals surface area contributed by atoms with Crippen molar-refractivity contribution in [2.45, 2.75) is 39.2 Å². The Morgan fingerprint density at radius 3 is 2.50 bits per heavy atom. The quantitative estimate of drug-likeness (QED) is 0.700. The van der Waals surface area contributed by atoms with E-state index in [4.69, 9.17) is 0 Å². The zero-order valence-corrected chi connectivity index (χ0v) is 8.88. The number of rotatable bonds is 5. The van der Waals surface area contributed by atoms with Crippen LogP contribution in [0.5, 0.6) is 0 Å². The first kappa shape index (κ1) is 11.0. The van der Waals surface area contributed by atoms with E-state index in [1.165, 1.54) is 6.92 Å². The van der Waals surface area contributed by atoms with E-state index < -0.39 is 0 Å². The van der Waals surface area contributed by atoms with Crippen molar-refractivity contribution in [2.75, 3.05) is 13.1 Å². The Hall–Kier alpha value is -1.06. The lowest BCUT2D eigenvalue weighted by Gasteiger charge is -2.19. The van der Waals surface area contributed by atoms with Crippen LogP contribution in [0, 0.1) is 0 Å². The van der Waals surface area contributed by atoms with Crippen molar-refractivity contribution in [3.05, 3.63) is 0 Å². The molecule has 0 aliphatic heterocycles. The molecule has 0 spiro atoms. The SMILES string of the molecule is CCCNC(=O)CN(C(C)=O)C1CC1. The predicted octanol–water partition coefficient (Wildman–Crippen LogP) is 0.523. The van der Waals surface area contributed by atoms with Gasteiger partial charge in [-0.2, -0.15) is 0 Å². The summed E-state index contributed by atoms with van der Waals surface area (Å²) >= 11 is 0. The molecule has 0 aromatic carbocycles. The largest absolute Gasteiger partial charge is 0.355 e. The molecular formula is C10H18N2O2. The smallest absolute Gasteiger partial charge is 0.239 e. The van der Waals surface area contributed by atoms with Crippen LogP contribution in [0.25, 0.3) is 0 Å². The van der Waals surface area contributed by atoms with Crippen LogP contribution in [-0.2, 0) is 9.59 Å². The monoisotopic (exact) mass is 198 g/mol. The molecule has 0 aromatic rings. The normalized spacial score (nSPS) is 15.0. The highest BCUT2D eigenvalue weighted by Gasteiger charge is 2.31. The van der Waals surface area contributed by atoms with Gasteiger partial charge in [0.15, 0.2) is 0 Å². The first-order valence-electron chi connectivity index (χ1n) is 5.19. The molecule has 1 rings (SSSR count). The third kappa shape index (κ3) is 3.36. The van der Waals surface area contributed by atoms with E-state index in [1.54, 1.807) is 4.90 Å². The van der Waals surface area contributed by atoms with Gasteiger partial charge in [0.1, 0.15) is 0 Å². The first-order valence-corrected chi connectivity index (χ1v) is 5.19. The summed E-state index contributed by atoms with van der Waals surface area (Å²) in [6.45, 7) is 4.44. The second-order valence-electron chi connectivity index (χ2n) is 3.73. The minimum Gasteiger partial charge on any atom is -0.355 e. The van der Waals surface area contributed by atoms with Gasteiger partial charge in [0, 0.05) is 19.5 Å². The molecule has 1 saturated carbocycles. The van der Waals surface area contributed by atoms with Gasteiger partial charge in [0.25, 0.3) is 0 Å². The molecule has 1 fully saturated rings. The maximum atomic E-state index is 11.3. The second-order valence-corrected chi connectivity index (χ2v) is 3.73. The molecule has 0 unspecified atom stereocenters. The van der Waals surface area contributed by atoms with Gasteiger partial charge >= 0.3 is 0 Å². The van der Waals surface area contributed by atoms with E-state index in [9.17, 15) is 9.59 Å². The summed E-state index contributed by atoms with van der Waals surface area (Å²) < 4.78 is 0. The molecule has 0 radical (unpaired) electrons. The number of carbonyl (C=O) groups is 2. The van der Waals surface area contributed by atoms with Crippen molar-refractivity contribution in [3.63, 3.8) is 0 Å².